The second-order valence-corrected chi connectivity index (χ2v) is 11.5. The number of oxime groups is 1. The summed E-state index contributed by atoms with van der Waals surface area (Å²) in [7, 11) is 0. The fourth-order valence-electron chi connectivity index (χ4n) is 8.24. The maximum Gasteiger partial charge on any atom is 0.269 e. The lowest BCUT2D eigenvalue weighted by atomic mass is 9.47. The summed E-state index contributed by atoms with van der Waals surface area (Å²) in [5.74, 6) is 2.17. The first-order valence-electron chi connectivity index (χ1n) is 12.8. The van der Waals surface area contributed by atoms with Crippen molar-refractivity contribution in [2.24, 2.45) is 39.7 Å². The van der Waals surface area contributed by atoms with Gasteiger partial charge in [-0.2, -0.15) is 0 Å². The number of aliphatic hydroxyl groups excluding tert-OH is 1. The van der Waals surface area contributed by atoms with Crippen LogP contribution in [-0.4, -0.2) is 27.1 Å². The largest absolute Gasteiger partial charge is 0.411 e. The standard InChI is InChI=1S/C28H36N2O4/c1-27-15-13-21(31)17-19(27)6-9-22-23-10-11-25(28(23,2)16-14-24(22)27)26(29-32)12-5-18-3-7-20(8-4-18)30(33)34/h3-8,12,21-25,31-32H,9-11,13-17H2,1-2H3/b12-5+,29-26+/t21-,22-,23-,24-,25+,27-,28-/m0/s1. The van der Waals surface area contributed by atoms with E-state index in [2.05, 4.69) is 25.1 Å². The molecule has 3 fully saturated rings. The number of rotatable bonds is 4. The Kier molecular flexibility index (Phi) is 5.91. The van der Waals surface area contributed by atoms with E-state index in [1.54, 1.807) is 12.1 Å². The quantitative estimate of drug-likeness (QED) is 0.178. The lowest BCUT2D eigenvalue weighted by molar-refractivity contribution is -0.384. The summed E-state index contributed by atoms with van der Waals surface area (Å²) in [5.41, 5.74) is 3.48. The van der Waals surface area contributed by atoms with Gasteiger partial charge in [0.05, 0.1) is 16.7 Å². The first kappa shape index (κ1) is 23.3. The van der Waals surface area contributed by atoms with Gasteiger partial charge in [-0.05, 0) is 104 Å². The van der Waals surface area contributed by atoms with Gasteiger partial charge in [0.15, 0.2) is 0 Å². The van der Waals surface area contributed by atoms with Gasteiger partial charge in [0.2, 0.25) is 0 Å². The van der Waals surface area contributed by atoms with Crippen LogP contribution >= 0.6 is 0 Å². The maximum absolute atomic E-state index is 10.9. The van der Waals surface area contributed by atoms with Crippen LogP contribution < -0.4 is 0 Å². The van der Waals surface area contributed by atoms with Crippen LogP contribution in [0.25, 0.3) is 6.08 Å². The van der Waals surface area contributed by atoms with Gasteiger partial charge in [0.25, 0.3) is 5.69 Å². The topological polar surface area (TPSA) is 96.0 Å². The lowest BCUT2D eigenvalue weighted by Crippen LogP contribution is -2.51. The van der Waals surface area contributed by atoms with Crippen LogP contribution in [0.4, 0.5) is 5.69 Å². The molecule has 6 nitrogen and oxygen atoms in total. The molecule has 0 aliphatic heterocycles. The molecule has 182 valence electrons. The molecule has 7 atom stereocenters. The first-order chi connectivity index (χ1) is 16.3. The van der Waals surface area contributed by atoms with Gasteiger partial charge in [-0.1, -0.05) is 36.7 Å². The Bertz CT molecular complexity index is 1040. The van der Waals surface area contributed by atoms with Gasteiger partial charge < -0.3 is 10.3 Å². The zero-order chi connectivity index (χ0) is 24.1. The average Bonchev–Trinajstić information content (AvgIpc) is 3.17. The minimum absolute atomic E-state index is 0.0713. The number of hydrogen-bond donors (Lipinski definition) is 2. The van der Waals surface area contributed by atoms with Gasteiger partial charge in [-0.15, -0.1) is 0 Å². The van der Waals surface area contributed by atoms with Crippen LogP contribution in [0.15, 0.2) is 47.1 Å². The average molecular weight is 465 g/mol. The number of benzene rings is 1. The van der Waals surface area contributed by atoms with E-state index < -0.39 is 4.92 Å². The molecular weight excluding hydrogens is 428 g/mol. The van der Waals surface area contributed by atoms with Crippen LogP contribution in [-0.2, 0) is 0 Å². The summed E-state index contributed by atoms with van der Waals surface area (Å²) in [6.45, 7) is 4.85. The Morgan fingerprint density at radius 1 is 1.12 bits per heavy atom. The van der Waals surface area contributed by atoms with E-state index in [4.69, 9.17) is 0 Å². The predicted octanol–water partition coefficient (Wildman–Crippen LogP) is 6.38. The molecule has 2 N–H and O–H groups in total. The summed E-state index contributed by atoms with van der Waals surface area (Å²) >= 11 is 0. The number of non-ortho nitro benzene ring substituents is 1. The Balaban J connectivity index is 1.36. The molecule has 4 aliphatic carbocycles. The number of aliphatic hydroxyl groups is 1. The van der Waals surface area contributed by atoms with Gasteiger partial charge in [-0.3, -0.25) is 10.1 Å². The molecule has 34 heavy (non-hydrogen) atoms. The zero-order valence-corrected chi connectivity index (χ0v) is 20.2. The van der Waals surface area contributed by atoms with Crippen molar-refractivity contribution >= 4 is 17.5 Å². The van der Waals surface area contributed by atoms with Crippen LogP contribution in [0.3, 0.4) is 0 Å². The number of nitrogens with zero attached hydrogens (tertiary/aromatic N) is 2. The SMILES string of the molecule is C[C@]12CC[C@H]3[C@@H](CC=C4C[C@@H](O)CC[C@@]43C)[C@@H]1CC[C@@H]2C(/C=C/c1ccc([N+](=O)[O-])cc1)=N/O. The molecule has 0 amide bonds. The van der Waals surface area contributed by atoms with Crippen LogP contribution in [0.1, 0.15) is 70.8 Å². The highest BCUT2D eigenvalue weighted by Crippen LogP contribution is 2.66. The van der Waals surface area contributed by atoms with Crippen molar-refractivity contribution in [2.45, 2.75) is 71.3 Å². The van der Waals surface area contributed by atoms with Crippen molar-refractivity contribution in [2.75, 3.05) is 0 Å². The van der Waals surface area contributed by atoms with Crippen molar-refractivity contribution in [3.05, 3.63) is 57.7 Å². The minimum atomic E-state index is -0.400. The molecule has 0 heterocycles. The Hall–Kier alpha value is -2.47. The summed E-state index contributed by atoms with van der Waals surface area (Å²) in [4.78, 5) is 10.5. The fraction of sp³-hybridized carbons (Fsp3) is 0.607. The minimum Gasteiger partial charge on any atom is -0.411 e. The van der Waals surface area contributed by atoms with E-state index in [1.807, 2.05) is 12.2 Å². The van der Waals surface area contributed by atoms with Crippen molar-refractivity contribution in [1.82, 2.24) is 0 Å². The normalized spacial score (nSPS) is 39.8. The third kappa shape index (κ3) is 3.71. The zero-order valence-electron chi connectivity index (χ0n) is 20.2. The Labute approximate surface area is 201 Å². The molecule has 0 radical (unpaired) electrons. The van der Waals surface area contributed by atoms with Crippen molar-refractivity contribution in [1.29, 1.82) is 0 Å². The second-order valence-electron chi connectivity index (χ2n) is 11.5. The molecule has 1 aromatic carbocycles. The molecule has 0 aromatic heterocycles. The second kappa shape index (κ2) is 8.63. The van der Waals surface area contributed by atoms with E-state index in [9.17, 15) is 20.4 Å². The van der Waals surface area contributed by atoms with Crippen molar-refractivity contribution in [3.8, 4) is 0 Å². The highest BCUT2D eigenvalue weighted by molar-refractivity contribution is 6.00. The number of allylic oxidation sites excluding steroid dienone is 2. The number of nitro benzene ring substituents is 1. The number of nitro groups is 1. The molecule has 0 bridgehead atoms. The van der Waals surface area contributed by atoms with E-state index in [0.717, 1.165) is 56.2 Å². The maximum atomic E-state index is 10.9. The summed E-state index contributed by atoms with van der Waals surface area (Å²) in [6, 6.07) is 6.45. The third-order valence-electron chi connectivity index (χ3n) is 10.1. The molecule has 0 saturated heterocycles. The number of fused-ring (bicyclic) bond motifs is 5. The monoisotopic (exact) mass is 464 g/mol. The van der Waals surface area contributed by atoms with Crippen LogP contribution in [0.2, 0.25) is 0 Å². The number of hydrogen-bond acceptors (Lipinski definition) is 5. The predicted molar refractivity (Wildman–Crippen MR) is 133 cm³/mol. The van der Waals surface area contributed by atoms with E-state index in [1.165, 1.54) is 24.1 Å². The summed E-state index contributed by atoms with van der Waals surface area (Å²) < 4.78 is 0. The lowest BCUT2D eigenvalue weighted by Gasteiger charge is -2.58. The highest BCUT2D eigenvalue weighted by atomic mass is 16.6. The van der Waals surface area contributed by atoms with Gasteiger partial charge in [0.1, 0.15) is 0 Å². The first-order valence-corrected chi connectivity index (χ1v) is 12.8. The Morgan fingerprint density at radius 2 is 1.88 bits per heavy atom. The molecule has 5 rings (SSSR count). The van der Waals surface area contributed by atoms with E-state index in [-0.39, 0.29) is 28.5 Å². The Morgan fingerprint density at radius 3 is 2.59 bits per heavy atom. The molecular formula is C28H36N2O4. The highest BCUT2D eigenvalue weighted by Gasteiger charge is 2.59. The molecule has 0 unspecified atom stereocenters. The summed E-state index contributed by atoms with van der Waals surface area (Å²) in [5, 5.41) is 34.8. The van der Waals surface area contributed by atoms with Crippen molar-refractivity contribution in [3.63, 3.8) is 0 Å². The molecule has 6 heteroatoms. The summed E-state index contributed by atoms with van der Waals surface area (Å²) in [6.07, 6.45) is 14.6. The fourth-order valence-corrected chi connectivity index (χ4v) is 8.24. The van der Waals surface area contributed by atoms with Gasteiger partial charge >= 0.3 is 0 Å². The molecule has 0 spiro atoms. The van der Waals surface area contributed by atoms with Gasteiger partial charge in [-0.25, -0.2) is 0 Å². The van der Waals surface area contributed by atoms with Gasteiger partial charge in [0, 0.05) is 18.1 Å². The van der Waals surface area contributed by atoms with E-state index >= 15 is 0 Å². The molecule has 3 saturated carbocycles. The smallest absolute Gasteiger partial charge is 0.269 e. The molecule has 1 aromatic rings. The van der Waals surface area contributed by atoms with Crippen LogP contribution in [0.5, 0.6) is 0 Å². The van der Waals surface area contributed by atoms with Crippen molar-refractivity contribution < 1.29 is 15.2 Å². The molecule has 4 aliphatic rings. The van der Waals surface area contributed by atoms with E-state index in [0.29, 0.717) is 17.8 Å². The van der Waals surface area contributed by atoms with Crippen LogP contribution in [0, 0.1) is 44.6 Å². The third-order valence-corrected chi connectivity index (χ3v) is 10.1.